The number of carbonyl (C=O) groups is 1. The van der Waals surface area contributed by atoms with E-state index in [1.807, 2.05) is 47.0 Å². The molecule has 0 fully saturated rings. The van der Waals surface area contributed by atoms with Crippen LogP contribution in [0.3, 0.4) is 0 Å². The molecule has 118 valence electrons. The minimum Gasteiger partial charge on any atom is -0.445 e. The van der Waals surface area contributed by atoms with Crippen molar-refractivity contribution in [1.82, 2.24) is 19.7 Å². The summed E-state index contributed by atoms with van der Waals surface area (Å²) in [5.74, 6) is 0.665. The lowest BCUT2D eigenvalue weighted by Crippen LogP contribution is -2.26. The second-order valence-corrected chi connectivity index (χ2v) is 5.90. The number of alkyl carbamates (subject to hydrolysis) is 1. The molecule has 1 aromatic carbocycles. The molecule has 2 heterocycles. The van der Waals surface area contributed by atoms with Gasteiger partial charge in [0, 0.05) is 25.4 Å². The van der Waals surface area contributed by atoms with Crippen molar-refractivity contribution in [3.63, 3.8) is 0 Å². The number of halogens is 1. The summed E-state index contributed by atoms with van der Waals surface area (Å²) >= 11 is 2.23. The third kappa shape index (κ3) is 3.98. The van der Waals surface area contributed by atoms with Gasteiger partial charge in [-0.25, -0.2) is 14.8 Å². The molecule has 2 aromatic heterocycles. The number of fused-ring (bicyclic) bond motifs is 1. The molecular weight excluding hydrogens is 407 g/mol. The summed E-state index contributed by atoms with van der Waals surface area (Å²) in [5, 5.41) is 2.74. The smallest absolute Gasteiger partial charge is 0.407 e. The van der Waals surface area contributed by atoms with Gasteiger partial charge in [-0.1, -0.05) is 30.3 Å². The molecule has 23 heavy (non-hydrogen) atoms. The Kier molecular flexibility index (Phi) is 5.06. The first-order chi connectivity index (χ1) is 11.2. The average Bonchev–Trinajstić information content (AvgIpc) is 2.91. The number of benzene rings is 1. The third-order valence-electron chi connectivity index (χ3n) is 3.26. The number of hydrogen-bond acceptors (Lipinski definition) is 4. The first-order valence-electron chi connectivity index (χ1n) is 7.16. The zero-order valence-corrected chi connectivity index (χ0v) is 14.4. The van der Waals surface area contributed by atoms with E-state index in [1.165, 1.54) is 0 Å². The van der Waals surface area contributed by atoms with E-state index in [-0.39, 0.29) is 6.61 Å². The van der Waals surface area contributed by atoms with E-state index < -0.39 is 6.09 Å². The maximum atomic E-state index is 11.7. The molecule has 7 heteroatoms. The van der Waals surface area contributed by atoms with Crippen LogP contribution in [0.1, 0.15) is 11.3 Å². The summed E-state index contributed by atoms with van der Waals surface area (Å²) in [6.07, 6.45) is 3.83. The Morgan fingerprint density at radius 3 is 2.87 bits per heavy atom. The van der Waals surface area contributed by atoms with Gasteiger partial charge in [0.25, 0.3) is 0 Å². The van der Waals surface area contributed by atoms with Crippen LogP contribution in [0, 0.1) is 3.70 Å². The quantitative estimate of drug-likeness (QED) is 0.643. The highest BCUT2D eigenvalue weighted by Crippen LogP contribution is 2.13. The van der Waals surface area contributed by atoms with Gasteiger partial charge in [0.05, 0.1) is 5.69 Å². The molecule has 0 spiro atoms. The van der Waals surface area contributed by atoms with Crippen molar-refractivity contribution >= 4 is 34.5 Å². The van der Waals surface area contributed by atoms with Gasteiger partial charge in [-0.2, -0.15) is 0 Å². The lowest BCUT2D eigenvalue weighted by molar-refractivity contribution is 0.140. The van der Waals surface area contributed by atoms with Gasteiger partial charge in [0.15, 0.2) is 0 Å². The molecule has 0 saturated heterocycles. The van der Waals surface area contributed by atoms with Gasteiger partial charge in [-0.05, 0) is 34.2 Å². The van der Waals surface area contributed by atoms with Crippen LogP contribution in [0.5, 0.6) is 0 Å². The van der Waals surface area contributed by atoms with E-state index >= 15 is 0 Å². The maximum absolute atomic E-state index is 11.7. The Hall–Kier alpha value is -2.16. The third-order valence-corrected chi connectivity index (χ3v) is 4.40. The molecule has 3 aromatic rings. The van der Waals surface area contributed by atoms with Crippen LogP contribution in [0.25, 0.3) is 5.78 Å². The SMILES string of the molecule is O=C(NCCc1nc2ncccn2c1I)OCc1ccccc1. The van der Waals surface area contributed by atoms with Crippen LogP contribution in [0.4, 0.5) is 4.79 Å². The first-order valence-corrected chi connectivity index (χ1v) is 8.24. The number of nitrogens with zero attached hydrogens (tertiary/aromatic N) is 3. The lowest BCUT2D eigenvalue weighted by Gasteiger charge is -2.06. The van der Waals surface area contributed by atoms with Crippen molar-refractivity contribution < 1.29 is 9.53 Å². The molecule has 0 radical (unpaired) electrons. The minimum absolute atomic E-state index is 0.266. The van der Waals surface area contributed by atoms with Crippen LogP contribution in [-0.2, 0) is 17.8 Å². The summed E-state index contributed by atoms with van der Waals surface area (Å²) in [7, 11) is 0. The molecule has 0 aliphatic carbocycles. The predicted octanol–water partition coefficient (Wildman–Crippen LogP) is 2.80. The van der Waals surface area contributed by atoms with Crippen LogP contribution >= 0.6 is 22.6 Å². The van der Waals surface area contributed by atoms with Gasteiger partial charge >= 0.3 is 6.09 Å². The van der Waals surface area contributed by atoms with E-state index in [0.717, 1.165) is 15.0 Å². The predicted molar refractivity (Wildman–Crippen MR) is 94.0 cm³/mol. The Morgan fingerprint density at radius 1 is 1.26 bits per heavy atom. The Bertz CT molecular complexity index is 804. The molecule has 0 bridgehead atoms. The highest BCUT2D eigenvalue weighted by atomic mass is 127. The van der Waals surface area contributed by atoms with Crippen molar-refractivity contribution in [3.05, 3.63) is 63.7 Å². The average molecular weight is 422 g/mol. The zero-order chi connectivity index (χ0) is 16.1. The van der Waals surface area contributed by atoms with Crippen molar-refractivity contribution in [1.29, 1.82) is 0 Å². The number of hydrogen-bond donors (Lipinski definition) is 1. The van der Waals surface area contributed by atoms with E-state index in [0.29, 0.717) is 18.7 Å². The fraction of sp³-hybridized carbons (Fsp3) is 0.188. The second kappa shape index (κ2) is 7.40. The molecule has 0 unspecified atom stereocenters. The summed E-state index contributed by atoms with van der Waals surface area (Å²) in [6, 6.07) is 11.4. The van der Waals surface area contributed by atoms with Crippen molar-refractivity contribution in [3.8, 4) is 0 Å². The number of carbonyl (C=O) groups excluding carboxylic acids is 1. The highest BCUT2D eigenvalue weighted by Gasteiger charge is 2.10. The second-order valence-electron chi connectivity index (χ2n) is 4.88. The van der Waals surface area contributed by atoms with E-state index in [2.05, 4.69) is 37.9 Å². The molecule has 3 rings (SSSR count). The van der Waals surface area contributed by atoms with Gasteiger partial charge in [0.2, 0.25) is 5.78 Å². The number of rotatable bonds is 5. The minimum atomic E-state index is -0.425. The molecule has 1 amide bonds. The molecule has 0 saturated carbocycles. The molecule has 1 N–H and O–H groups in total. The lowest BCUT2D eigenvalue weighted by atomic mass is 10.2. The van der Waals surface area contributed by atoms with Crippen molar-refractivity contribution in [2.45, 2.75) is 13.0 Å². The number of amides is 1. The standard InChI is InChI=1S/C16H15IN4O2/c17-14-13(20-15-18-8-4-10-21(14)15)7-9-19-16(22)23-11-12-5-2-1-3-6-12/h1-6,8,10H,7,9,11H2,(H,19,22). The molecule has 0 atom stereocenters. The van der Waals surface area contributed by atoms with Gasteiger partial charge < -0.3 is 10.1 Å². The number of aromatic nitrogens is 3. The van der Waals surface area contributed by atoms with E-state index in [4.69, 9.17) is 4.74 Å². The van der Waals surface area contributed by atoms with Crippen molar-refractivity contribution in [2.24, 2.45) is 0 Å². The fourth-order valence-electron chi connectivity index (χ4n) is 2.12. The molecule has 0 aliphatic heterocycles. The maximum Gasteiger partial charge on any atom is 0.407 e. The van der Waals surface area contributed by atoms with E-state index in [9.17, 15) is 4.79 Å². The molecular formula is C16H15IN4O2. The molecule has 0 aliphatic rings. The van der Waals surface area contributed by atoms with Crippen LogP contribution < -0.4 is 5.32 Å². The normalized spacial score (nSPS) is 10.7. The summed E-state index contributed by atoms with van der Waals surface area (Å²) in [6.45, 7) is 0.732. The monoisotopic (exact) mass is 422 g/mol. The van der Waals surface area contributed by atoms with Crippen LogP contribution in [-0.4, -0.2) is 27.0 Å². The Balaban J connectivity index is 1.48. The summed E-state index contributed by atoms with van der Waals surface area (Å²) in [5.41, 5.74) is 1.87. The first kappa shape index (κ1) is 15.7. The highest BCUT2D eigenvalue weighted by molar-refractivity contribution is 14.1. The summed E-state index contributed by atoms with van der Waals surface area (Å²) in [4.78, 5) is 20.3. The molecule has 6 nitrogen and oxygen atoms in total. The van der Waals surface area contributed by atoms with Crippen molar-refractivity contribution in [2.75, 3.05) is 6.54 Å². The van der Waals surface area contributed by atoms with Crippen LogP contribution in [0.15, 0.2) is 48.8 Å². The van der Waals surface area contributed by atoms with Crippen LogP contribution in [0.2, 0.25) is 0 Å². The van der Waals surface area contributed by atoms with Gasteiger partial charge in [-0.15, -0.1) is 0 Å². The number of imidazole rings is 1. The zero-order valence-electron chi connectivity index (χ0n) is 12.3. The number of nitrogens with one attached hydrogen (secondary N) is 1. The Morgan fingerprint density at radius 2 is 2.09 bits per heavy atom. The Labute approximate surface area is 147 Å². The summed E-state index contributed by atoms with van der Waals surface area (Å²) < 4.78 is 8.09. The fourth-order valence-corrected chi connectivity index (χ4v) is 2.89. The number of ether oxygens (including phenoxy) is 1. The largest absolute Gasteiger partial charge is 0.445 e. The van der Waals surface area contributed by atoms with E-state index in [1.54, 1.807) is 6.20 Å². The van der Waals surface area contributed by atoms with Gasteiger partial charge in [-0.3, -0.25) is 4.40 Å². The topological polar surface area (TPSA) is 68.5 Å². The van der Waals surface area contributed by atoms with Gasteiger partial charge in [0.1, 0.15) is 10.3 Å².